The van der Waals surface area contributed by atoms with E-state index in [4.69, 9.17) is 11.0 Å². The van der Waals surface area contributed by atoms with Crippen LogP contribution in [-0.2, 0) is 6.42 Å². The molecule has 1 aromatic rings. The summed E-state index contributed by atoms with van der Waals surface area (Å²) >= 11 is 0. The summed E-state index contributed by atoms with van der Waals surface area (Å²) in [4.78, 5) is 0. The molecular weight excluding hydrogens is 148 g/mol. The molecule has 0 aliphatic heterocycles. The first-order valence-electron chi connectivity index (χ1n) is 4.05. The van der Waals surface area contributed by atoms with Crippen LogP contribution in [0.5, 0.6) is 0 Å². The molecule has 0 saturated carbocycles. The third-order valence-corrected chi connectivity index (χ3v) is 1.32. The number of anilines is 1. The van der Waals surface area contributed by atoms with Crippen molar-refractivity contribution in [3.8, 4) is 6.07 Å². The van der Waals surface area contributed by atoms with Gasteiger partial charge in [-0.2, -0.15) is 5.26 Å². The van der Waals surface area contributed by atoms with Crippen LogP contribution in [-0.4, -0.2) is 0 Å². The zero-order valence-corrected chi connectivity index (χ0v) is 7.54. The van der Waals surface area contributed by atoms with Gasteiger partial charge in [0.1, 0.15) is 0 Å². The van der Waals surface area contributed by atoms with Crippen LogP contribution in [0.2, 0.25) is 0 Å². The summed E-state index contributed by atoms with van der Waals surface area (Å²) in [5.74, 6) is 0. The van der Waals surface area contributed by atoms with Crippen molar-refractivity contribution < 1.29 is 0 Å². The molecule has 0 fully saturated rings. The predicted molar refractivity (Wildman–Crippen MR) is 51.5 cm³/mol. The molecule has 1 aromatic carbocycles. The van der Waals surface area contributed by atoms with Gasteiger partial charge in [-0.1, -0.05) is 32.0 Å². The number of para-hydroxylation sites is 1. The number of nitrogens with two attached hydrogens (primary N) is 1. The van der Waals surface area contributed by atoms with Gasteiger partial charge in [-0.3, -0.25) is 0 Å². The zero-order chi connectivity index (χ0) is 9.40. The van der Waals surface area contributed by atoms with E-state index in [0.29, 0.717) is 12.1 Å². The number of rotatable bonds is 1. The topological polar surface area (TPSA) is 49.8 Å². The summed E-state index contributed by atoms with van der Waals surface area (Å²) in [6, 6.07) is 9.44. The van der Waals surface area contributed by atoms with E-state index < -0.39 is 0 Å². The van der Waals surface area contributed by atoms with Gasteiger partial charge in [0.05, 0.1) is 12.5 Å². The maximum atomic E-state index is 8.34. The largest absolute Gasteiger partial charge is 0.398 e. The number of nitrogen functional groups attached to an aromatic ring is 1. The van der Waals surface area contributed by atoms with E-state index >= 15 is 0 Å². The van der Waals surface area contributed by atoms with Crippen LogP contribution in [0.4, 0.5) is 5.69 Å². The summed E-state index contributed by atoms with van der Waals surface area (Å²) in [5.41, 5.74) is 7.16. The van der Waals surface area contributed by atoms with Gasteiger partial charge in [0, 0.05) is 5.69 Å². The second-order valence-corrected chi connectivity index (χ2v) is 2.03. The fraction of sp³-hybridized carbons (Fsp3) is 0.300. The first kappa shape index (κ1) is 10.5. The van der Waals surface area contributed by atoms with E-state index in [0.717, 1.165) is 5.56 Å². The molecule has 64 valence electrons. The second kappa shape index (κ2) is 6.23. The Morgan fingerprint density at radius 1 is 1.33 bits per heavy atom. The highest BCUT2D eigenvalue weighted by molar-refractivity contribution is 5.47. The number of hydrogen-bond acceptors (Lipinski definition) is 2. The third-order valence-electron chi connectivity index (χ3n) is 1.32. The van der Waals surface area contributed by atoms with Crippen molar-refractivity contribution in [1.29, 1.82) is 5.26 Å². The highest BCUT2D eigenvalue weighted by Crippen LogP contribution is 2.09. The Kier molecular flexibility index (Phi) is 5.46. The first-order valence-corrected chi connectivity index (χ1v) is 4.05. The zero-order valence-electron chi connectivity index (χ0n) is 7.54. The van der Waals surface area contributed by atoms with Crippen molar-refractivity contribution in [2.75, 3.05) is 5.73 Å². The summed E-state index contributed by atoms with van der Waals surface area (Å²) in [7, 11) is 0. The molecular formula is C10H14N2. The molecule has 0 bridgehead atoms. The highest BCUT2D eigenvalue weighted by Gasteiger charge is 1.93. The lowest BCUT2D eigenvalue weighted by Gasteiger charge is -1.97. The number of nitriles is 1. The van der Waals surface area contributed by atoms with Gasteiger partial charge in [0.15, 0.2) is 0 Å². The van der Waals surface area contributed by atoms with Crippen molar-refractivity contribution in [1.82, 2.24) is 0 Å². The van der Waals surface area contributed by atoms with Crippen LogP contribution in [0.3, 0.4) is 0 Å². The molecule has 2 N–H and O–H groups in total. The second-order valence-electron chi connectivity index (χ2n) is 2.03. The van der Waals surface area contributed by atoms with Crippen molar-refractivity contribution >= 4 is 5.69 Å². The van der Waals surface area contributed by atoms with Gasteiger partial charge in [-0.05, 0) is 11.6 Å². The van der Waals surface area contributed by atoms with E-state index in [-0.39, 0.29) is 0 Å². The van der Waals surface area contributed by atoms with E-state index in [1.807, 2.05) is 38.1 Å². The van der Waals surface area contributed by atoms with Crippen molar-refractivity contribution in [3.05, 3.63) is 29.8 Å². The van der Waals surface area contributed by atoms with Crippen LogP contribution in [0.25, 0.3) is 0 Å². The van der Waals surface area contributed by atoms with E-state index in [9.17, 15) is 0 Å². The molecule has 0 aromatic heterocycles. The molecule has 0 spiro atoms. The van der Waals surface area contributed by atoms with Crippen molar-refractivity contribution in [2.45, 2.75) is 20.3 Å². The van der Waals surface area contributed by atoms with Gasteiger partial charge < -0.3 is 5.73 Å². The summed E-state index contributed by atoms with van der Waals surface area (Å²) < 4.78 is 0. The Morgan fingerprint density at radius 2 is 1.92 bits per heavy atom. The van der Waals surface area contributed by atoms with Gasteiger partial charge in [-0.25, -0.2) is 0 Å². The Labute approximate surface area is 73.6 Å². The summed E-state index contributed by atoms with van der Waals surface area (Å²) in [6.07, 6.45) is 0.396. The van der Waals surface area contributed by atoms with E-state index in [2.05, 4.69) is 0 Å². The Balaban J connectivity index is 0.000000561. The normalized spacial score (nSPS) is 7.75. The number of nitrogens with zero attached hydrogens (tertiary/aromatic N) is 1. The molecule has 0 atom stereocenters. The van der Waals surface area contributed by atoms with Crippen molar-refractivity contribution in [2.24, 2.45) is 0 Å². The van der Waals surface area contributed by atoms with Crippen LogP contribution in [0.1, 0.15) is 19.4 Å². The maximum absolute atomic E-state index is 8.34. The fourth-order valence-electron chi connectivity index (χ4n) is 0.780. The summed E-state index contributed by atoms with van der Waals surface area (Å²) in [6.45, 7) is 4.00. The molecule has 2 nitrogen and oxygen atoms in total. The van der Waals surface area contributed by atoms with Gasteiger partial charge in [0.25, 0.3) is 0 Å². The first-order chi connectivity index (χ1) is 5.84. The maximum Gasteiger partial charge on any atom is 0.0670 e. The Bertz CT molecular complexity index is 261. The average molecular weight is 162 g/mol. The minimum atomic E-state index is 0.396. The molecule has 0 amide bonds. The molecule has 12 heavy (non-hydrogen) atoms. The lowest BCUT2D eigenvalue weighted by Crippen LogP contribution is -1.91. The van der Waals surface area contributed by atoms with E-state index in [1.54, 1.807) is 6.07 Å². The monoisotopic (exact) mass is 162 g/mol. The molecule has 0 unspecified atom stereocenters. The quantitative estimate of drug-likeness (QED) is 0.644. The molecule has 0 heterocycles. The highest BCUT2D eigenvalue weighted by atomic mass is 14.6. The number of benzene rings is 1. The van der Waals surface area contributed by atoms with Crippen LogP contribution in [0.15, 0.2) is 24.3 Å². The lowest BCUT2D eigenvalue weighted by molar-refractivity contribution is 1.27. The minimum absolute atomic E-state index is 0.396. The van der Waals surface area contributed by atoms with Gasteiger partial charge in [-0.15, -0.1) is 0 Å². The lowest BCUT2D eigenvalue weighted by atomic mass is 10.1. The molecule has 1 rings (SSSR count). The fourth-order valence-corrected chi connectivity index (χ4v) is 0.780. The van der Waals surface area contributed by atoms with Gasteiger partial charge in [0.2, 0.25) is 0 Å². The number of hydrogen-bond donors (Lipinski definition) is 1. The molecule has 0 saturated heterocycles. The van der Waals surface area contributed by atoms with Crippen LogP contribution >= 0.6 is 0 Å². The Morgan fingerprint density at radius 3 is 2.42 bits per heavy atom. The van der Waals surface area contributed by atoms with E-state index in [1.165, 1.54) is 0 Å². The Hall–Kier alpha value is -1.49. The standard InChI is InChI=1S/C8H8N2.C2H6/c9-6-5-7-3-1-2-4-8(7)10;1-2/h1-4H,5,10H2;1-2H3. The smallest absolute Gasteiger partial charge is 0.0670 e. The minimum Gasteiger partial charge on any atom is -0.398 e. The molecule has 0 radical (unpaired) electrons. The van der Waals surface area contributed by atoms with Gasteiger partial charge >= 0.3 is 0 Å². The predicted octanol–water partition coefficient (Wildman–Crippen LogP) is 2.36. The van der Waals surface area contributed by atoms with Crippen LogP contribution < -0.4 is 5.73 Å². The summed E-state index contributed by atoms with van der Waals surface area (Å²) in [5, 5.41) is 8.34. The molecule has 0 aliphatic carbocycles. The molecule has 2 heteroatoms. The molecule has 0 aliphatic rings. The van der Waals surface area contributed by atoms with Crippen LogP contribution in [0, 0.1) is 11.3 Å². The average Bonchev–Trinajstić information content (AvgIpc) is 2.13. The SMILES string of the molecule is CC.N#CCc1ccccc1N. The van der Waals surface area contributed by atoms with Crippen molar-refractivity contribution in [3.63, 3.8) is 0 Å². The third kappa shape index (κ3) is 3.07.